The molecule has 0 unspecified atom stereocenters. The van der Waals surface area contributed by atoms with Gasteiger partial charge in [-0.1, -0.05) is 6.07 Å². The lowest BCUT2D eigenvalue weighted by Crippen LogP contribution is -2.24. The van der Waals surface area contributed by atoms with Gasteiger partial charge >= 0.3 is 6.09 Å². The number of guanidine groups is 1. The Hall–Kier alpha value is -3.03. The van der Waals surface area contributed by atoms with Gasteiger partial charge in [0.25, 0.3) is 0 Å². The molecule has 0 atom stereocenters. The number of aryl methyl sites for hydroxylation is 1. The van der Waals surface area contributed by atoms with Crippen LogP contribution in [0.2, 0.25) is 0 Å². The third-order valence-electron chi connectivity index (χ3n) is 2.45. The van der Waals surface area contributed by atoms with Crippen LogP contribution in [0.4, 0.5) is 4.79 Å². The zero-order valence-corrected chi connectivity index (χ0v) is 11.4. The van der Waals surface area contributed by atoms with Crippen molar-refractivity contribution >= 4 is 12.1 Å². The number of nitrogens with two attached hydrogens (primary N) is 2. The normalized spacial score (nSPS) is 9.95. The fraction of sp³-hybridized carbons (Fsp3) is 0.154. The summed E-state index contributed by atoms with van der Waals surface area (Å²) in [5.74, 6) is 0.333. The van der Waals surface area contributed by atoms with Gasteiger partial charge in [0.15, 0.2) is 5.96 Å². The zero-order chi connectivity index (χ0) is 15.2. The number of aliphatic imine (C=N–C) groups is 1. The topological polar surface area (TPSA) is 129 Å². The van der Waals surface area contributed by atoms with Crippen LogP contribution in [0.1, 0.15) is 11.5 Å². The molecule has 1 amide bonds. The first kappa shape index (κ1) is 14.4. The van der Waals surface area contributed by atoms with Crippen molar-refractivity contribution in [1.82, 2.24) is 15.0 Å². The van der Waals surface area contributed by atoms with E-state index in [1.807, 2.05) is 6.07 Å². The van der Waals surface area contributed by atoms with Gasteiger partial charge in [0.1, 0.15) is 12.4 Å². The molecule has 2 aromatic heterocycles. The molecule has 0 spiro atoms. The van der Waals surface area contributed by atoms with Crippen LogP contribution in [0.25, 0.3) is 11.3 Å². The van der Waals surface area contributed by atoms with E-state index in [1.54, 1.807) is 31.5 Å². The summed E-state index contributed by atoms with van der Waals surface area (Å²) in [4.78, 5) is 27.0. The fourth-order valence-corrected chi connectivity index (χ4v) is 1.52. The van der Waals surface area contributed by atoms with Crippen LogP contribution in [0, 0.1) is 6.92 Å². The number of aromatic nitrogens is 3. The van der Waals surface area contributed by atoms with Crippen LogP contribution < -0.4 is 11.5 Å². The summed E-state index contributed by atoms with van der Waals surface area (Å²) in [7, 11) is 0. The van der Waals surface area contributed by atoms with Crippen molar-refractivity contribution in [2.75, 3.05) is 0 Å². The van der Waals surface area contributed by atoms with Gasteiger partial charge in [0.2, 0.25) is 0 Å². The van der Waals surface area contributed by atoms with Crippen molar-refractivity contribution in [2.24, 2.45) is 16.5 Å². The number of rotatable bonds is 3. The van der Waals surface area contributed by atoms with Gasteiger partial charge in [-0.25, -0.2) is 19.7 Å². The van der Waals surface area contributed by atoms with E-state index in [4.69, 9.17) is 16.2 Å². The minimum Gasteiger partial charge on any atom is -0.441 e. The average Bonchev–Trinajstić information content (AvgIpc) is 2.45. The number of carbonyl (C=O) groups is 1. The number of amides is 1. The minimum absolute atomic E-state index is 0.0316. The van der Waals surface area contributed by atoms with E-state index in [-0.39, 0.29) is 12.6 Å². The van der Waals surface area contributed by atoms with Gasteiger partial charge in [-0.15, -0.1) is 4.99 Å². The summed E-state index contributed by atoms with van der Waals surface area (Å²) in [6.07, 6.45) is 2.50. The monoisotopic (exact) mass is 286 g/mol. The van der Waals surface area contributed by atoms with Gasteiger partial charge in [0.05, 0.1) is 11.4 Å². The van der Waals surface area contributed by atoms with Crippen molar-refractivity contribution in [3.63, 3.8) is 0 Å². The van der Waals surface area contributed by atoms with Crippen LogP contribution in [0.15, 0.2) is 35.6 Å². The first-order valence-electron chi connectivity index (χ1n) is 6.06. The first-order chi connectivity index (χ1) is 10.0. The average molecular weight is 286 g/mol. The molecule has 108 valence electrons. The SMILES string of the molecule is Cc1ncc(-c2cccc(COC(=O)N=C(N)N)n2)cn1. The summed E-state index contributed by atoms with van der Waals surface area (Å²) in [6.45, 7) is 1.77. The molecule has 8 heteroatoms. The summed E-state index contributed by atoms with van der Waals surface area (Å²) in [6, 6.07) is 5.34. The van der Waals surface area contributed by atoms with Gasteiger partial charge in [0, 0.05) is 18.0 Å². The van der Waals surface area contributed by atoms with Crippen molar-refractivity contribution in [3.8, 4) is 11.3 Å². The second-order valence-electron chi connectivity index (χ2n) is 4.12. The van der Waals surface area contributed by atoms with Crippen molar-refractivity contribution in [3.05, 3.63) is 42.1 Å². The summed E-state index contributed by atoms with van der Waals surface area (Å²) in [5.41, 5.74) is 12.2. The molecule has 21 heavy (non-hydrogen) atoms. The molecule has 0 aliphatic rings. The Morgan fingerprint density at radius 1 is 1.29 bits per heavy atom. The molecular formula is C13H14N6O2. The Balaban J connectivity index is 2.09. The molecule has 8 nitrogen and oxygen atoms in total. The van der Waals surface area contributed by atoms with E-state index in [9.17, 15) is 4.79 Å². The lowest BCUT2D eigenvalue weighted by Gasteiger charge is -2.04. The molecule has 0 saturated heterocycles. The Kier molecular flexibility index (Phi) is 4.39. The highest BCUT2D eigenvalue weighted by Crippen LogP contribution is 2.15. The van der Waals surface area contributed by atoms with Crippen LogP contribution in [-0.4, -0.2) is 27.0 Å². The van der Waals surface area contributed by atoms with Crippen LogP contribution in [0.3, 0.4) is 0 Å². The number of hydrogen-bond acceptors (Lipinski definition) is 5. The van der Waals surface area contributed by atoms with E-state index < -0.39 is 6.09 Å². The Bertz CT molecular complexity index is 665. The van der Waals surface area contributed by atoms with Crippen LogP contribution >= 0.6 is 0 Å². The third kappa shape index (κ3) is 4.23. The fourth-order valence-electron chi connectivity index (χ4n) is 1.52. The smallest absolute Gasteiger partial charge is 0.437 e. The molecule has 0 fully saturated rings. The first-order valence-corrected chi connectivity index (χ1v) is 6.06. The largest absolute Gasteiger partial charge is 0.441 e. The maximum Gasteiger partial charge on any atom is 0.437 e. The van der Waals surface area contributed by atoms with Crippen molar-refractivity contribution in [1.29, 1.82) is 0 Å². The van der Waals surface area contributed by atoms with E-state index in [2.05, 4.69) is 19.9 Å². The molecule has 2 aromatic rings. The highest BCUT2D eigenvalue weighted by molar-refractivity contribution is 5.87. The molecule has 0 saturated carbocycles. The quantitative estimate of drug-likeness (QED) is 0.629. The Morgan fingerprint density at radius 2 is 2.00 bits per heavy atom. The molecule has 2 rings (SSSR count). The predicted molar refractivity (Wildman–Crippen MR) is 76.0 cm³/mol. The maximum absolute atomic E-state index is 11.2. The highest BCUT2D eigenvalue weighted by Gasteiger charge is 2.05. The highest BCUT2D eigenvalue weighted by atomic mass is 16.5. The summed E-state index contributed by atoms with van der Waals surface area (Å²) in [5, 5.41) is 0. The molecule has 2 heterocycles. The number of pyridine rings is 1. The molecule has 0 aliphatic heterocycles. The molecule has 0 bridgehead atoms. The maximum atomic E-state index is 11.2. The van der Waals surface area contributed by atoms with Crippen molar-refractivity contribution in [2.45, 2.75) is 13.5 Å². The number of hydrogen-bond donors (Lipinski definition) is 2. The standard InChI is InChI=1S/C13H14N6O2/c1-8-16-5-9(6-17-8)11-4-2-3-10(18-11)7-21-13(20)19-12(14)15/h2-6H,7H2,1H3,(H4,14,15,19,20). The van der Waals surface area contributed by atoms with Gasteiger partial charge < -0.3 is 16.2 Å². The van der Waals surface area contributed by atoms with E-state index in [0.717, 1.165) is 5.56 Å². The molecule has 0 aliphatic carbocycles. The van der Waals surface area contributed by atoms with Crippen molar-refractivity contribution < 1.29 is 9.53 Å². The van der Waals surface area contributed by atoms with E-state index in [1.165, 1.54) is 0 Å². The second-order valence-corrected chi connectivity index (χ2v) is 4.12. The van der Waals surface area contributed by atoms with Gasteiger partial charge in [-0.05, 0) is 19.1 Å². The molecule has 0 aromatic carbocycles. The predicted octanol–water partition coefficient (Wildman–Crippen LogP) is 0.757. The second kappa shape index (κ2) is 6.42. The van der Waals surface area contributed by atoms with Gasteiger partial charge in [-0.3, -0.25) is 0 Å². The van der Waals surface area contributed by atoms with Crippen LogP contribution in [-0.2, 0) is 11.3 Å². The van der Waals surface area contributed by atoms with E-state index in [0.29, 0.717) is 17.2 Å². The van der Waals surface area contributed by atoms with E-state index >= 15 is 0 Å². The Morgan fingerprint density at radius 3 is 2.67 bits per heavy atom. The number of ether oxygens (including phenoxy) is 1. The summed E-state index contributed by atoms with van der Waals surface area (Å²) < 4.78 is 4.87. The van der Waals surface area contributed by atoms with Crippen LogP contribution in [0.5, 0.6) is 0 Å². The Labute approximate surface area is 120 Å². The zero-order valence-electron chi connectivity index (χ0n) is 11.4. The number of carbonyl (C=O) groups excluding carboxylic acids is 1. The number of nitrogens with zero attached hydrogens (tertiary/aromatic N) is 4. The summed E-state index contributed by atoms with van der Waals surface area (Å²) >= 11 is 0. The lowest BCUT2D eigenvalue weighted by atomic mass is 10.2. The lowest BCUT2D eigenvalue weighted by molar-refractivity contribution is 0.149. The third-order valence-corrected chi connectivity index (χ3v) is 2.45. The van der Waals surface area contributed by atoms with Gasteiger partial charge in [-0.2, -0.15) is 0 Å². The molecule has 0 radical (unpaired) electrons. The minimum atomic E-state index is -0.860. The molecular weight excluding hydrogens is 272 g/mol. The molecule has 4 N–H and O–H groups in total.